The summed E-state index contributed by atoms with van der Waals surface area (Å²) in [4.78, 5) is 42.5. The van der Waals surface area contributed by atoms with Crippen LogP contribution in [0.25, 0.3) is 5.57 Å². The van der Waals surface area contributed by atoms with Crippen LogP contribution in [0.1, 0.15) is 33.7 Å². The second-order valence-corrected chi connectivity index (χ2v) is 9.79. The van der Waals surface area contributed by atoms with Gasteiger partial charge in [-0.25, -0.2) is 4.90 Å². The molecule has 1 aliphatic carbocycles. The first kappa shape index (κ1) is 21.5. The van der Waals surface area contributed by atoms with E-state index in [0.717, 1.165) is 33.4 Å². The summed E-state index contributed by atoms with van der Waals surface area (Å²) < 4.78 is 5.73. The van der Waals surface area contributed by atoms with E-state index in [1.807, 2.05) is 87.5 Å². The third kappa shape index (κ3) is 3.18. The number of allylic oxidation sites excluding steroid dienone is 1. The largest absolute Gasteiger partial charge is 0.425 e. The molecule has 5 nitrogen and oxygen atoms in total. The lowest BCUT2D eigenvalue weighted by atomic mass is 9.64. The quantitative estimate of drug-likeness (QED) is 0.300. The summed E-state index contributed by atoms with van der Waals surface area (Å²) in [5.74, 6) is -3.23. The molecular formula is C30H25NO4. The van der Waals surface area contributed by atoms with Gasteiger partial charge in [-0.05, 0) is 66.8 Å². The first-order valence-corrected chi connectivity index (χ1v) is 11.9. The van der Waals surface area contributed by atoms with Crippen LogP contribution in [0.5, 0.6) is 5.75 Å². The normalized spacial score (nSPS) is 24.9. The number of rotatable bonds is 2. The molecule has 0 radical (unpaired) electrons. The molecule has 0 spiro atoms. The molecule has 1 fully saturated rings. The van der Waals surface area contributed by atoms with Gasteiger partial charge in [0.2, 0.25) is 11.8 Å². The van der Waals surface area contributed by atoms with Gasteiger partial charge in [0.15, 0.2) is 0 Å². The number of imide groups is 1. The van der Waals surface area contributed by atoms with Crippen molar-refractivity contribution in [3.8, 4) is 5.75 Å². The maximum absolute atomic E-state index is 14.0. The van der Waals surface area contributed by atoms with Crippen LogP contribution in [0.3, 0.4) is 0 Å². The van der Waals surface area contributed by atoms with E-state index in [9.17, 15) is 14.4 Å². The van der Waals surface area contributed by atoms with Gasteiger partial charge < -0.3 is 4.74 Å². The maximum atomic E-state index is 14.0. The lowest BCUT2D eigenvalue weighted by Crippen LogP contribution is -2.42. The Morgan fingerprint density at radius 3 is 2.26 bits per heavy atom. The van der Waals surface area contributed by atoms with Crippen molar-refractivity contribution < 1.29 is 19.1 Å². The number of carbonyl (C=O) groups is 3. The zero-order valence-electron chi connectivity index (χ0n) is 19.8. The number of ether oxygens (including phenoxy) is 1. The van der Waals surface area contributed by atoms with Crippen molar-refractivity contribution in [3.05, 3.63) is 101 Å². The summed E-state index contributed by atoms with van der Waals surface area (Å²) in [6.07, 6.45) is 2.02. The van der Waals surface area contributed by atoms with E-state index in [2.05, 4.69) is 0 Å². The molecule has 6 rings (SSSR count). The van der Waals surface area contributed by atoms with Gasteiger partial charge >= 0.3 is 5.97 Å². The second kappa shape index (κ2) is 7.77. The number of benzene rings is 3. The van der Waals surface area contributed by atoms with E-state index in [1.54, 1.807) is 6.07 Å². The third-order valence-corrected chi connectivity index (χ3v) is 7.68. The third-order valence-electron chi connectivity index (χ3n) is 7.68. The molecule has 1 saturated heterocycles. The average molecular weight is 464 g/mol. The summed E-state index contributed by atoms with van der Waals surface area (Å²) in [7, 11) is 0. The van der Waals surface area contributed by atoms with E-state index in [-0.39, 0.29) is 17.7 Å². The fourth-order valence-corrected chi connectivity index (χ4v) is 5.79. The summed E-state index contributed by atoms with van der Waals surface area (Å²) in [6, 6.07) is 21.1. The van der Waals surface area contributed by atoms with Gasteiger partial charge in [0.25, 0.3) is 0 Å². The Balaban J connectivity index is 1.55. The van der Waals surface area contributed by atoms with Gasteiger partial charge in [-0.15, -0.1) is 0 Å². The summed E-state index contributed by atoms with van der Waals surface area (Å²) in [5.41, 5.74) is 6.14. The molecule has 35 heavy (non-hydrogen) atoms. The molecule has 0 bridgehead atoms. The predicted molar refractivity (Wildman–Crippen MR) is 133 cm³/mol. The van der Waals surface area contributed by atoms with Crippen LogP contribution in [-0.4, -0.2) is 17.8 Å². The number of hydrogen-bond acceptors (Lipinski definition) is 4. The van der Waals surface area contributed by atoms with E-state index >= 15 is 0 Å². The molecule has 5 heteroatoms. The molecule has 3 aromatic rings. The first-order valence-electron chi connectivity index (χ1n) is 11.9. The second-order valence-electron chi connectivity index (χ2n) is 9.79. The van der Waals surface area contributed by atoms with Crippen LogP contribution >= 0.6 is 0 Å². The van der Waals surface area contributed by atoms with Gasteiger partial charge in [0.05, 0.1) is 23.4 Å². The minimum absolute atomic E-state index is 0.269. The molecule has 2 amide bonds. The first-order chi connectivity index (χ1) is 16.8. The number of amides is 2. The Morgan fingerprint density at radius 2 is 1.51 bits per heavy atom. The zero-order chi connectivity index (χ0) is 24.4. The number of hydrogen-bond donors (Lipinski definition) is 0. The van der Waals surface area contributed by atoms with Crippen molar-refractivity contribution >= 4 is 29.0 Å². The Hall–Kier alpha value is -3.99. The van der Waals surface area contributed by atoms with Crippen molar-refractivity contribution in [1.82, 2.24) is 0 Å². The maximum Gasteiger partial charge on any atom is 0.319 e. The summed E-state index contributed by atoms with van der Waals surface area (Å²) in [5, 5.41) is 0. The Bertz CT molecular complexity index is 1440. The Morgan fingerprint density at radius 1 is 0.771 bits per heavy atom. The zero-order valence-corrected chi connectivity index (χ0v) is 19.8. The van der Waals surface area contributed by atoms with Crippen LogP contribution in [0.2, 0.25) is 0 Å². The number of esters is 1. The van der Waals surface area contributed by atoms with Gasteiger partial charge in [0.1, 0.15) is 5.75 Å². The minimum atomic E-state index is -0.823. The molecule has 2 aliphatic heterocycles. The number of fused-ring (bicyclic) bond motifs is 5. The number of carbonyl (C=O) groups excluding carboxylic acids is 3. The topological polar surface area (TPSA) is 63.7 Å². The van der Waals surface area contributed by atoms with Gasteiger partial charge in [-0.3, -0.25) is 14.4 Å². The highest BCUT2D eigenvalue weighted by Gasteiger charge is 2.60. The van der Waals surface area contributed by atoms with Gasteiger partial charge in [0, 0.05) is 11.5 Å². The van der Waals surface area contributed by atoms with Crippen LogP contribution in [-0.2, 0) is 14.4 Å². The molecule has 3 aliphatic rings. The molecule has 0 N–H and O–H groups in total. The van der Waals surface area contributed by atoms with Crippen LogP contribution < -0.4 is 9.64 Å². The van der Waals surface area contributed by atoms with E-state index in [0.29, 0.717) is 11.4 Å². The molecule has 2 heterocycles. The summed E-state index contributed by atoms with van der Waals surface area (Å²) >= 11 is 0. The van der Waals surface area contributed by atoms with Crippen molar-refractivity contribution in [2.45, 2.75) is 26.7 Å². The van der Waals surface area contributed by atoms with Crippen LogP contribution in [0.15, 0.2) is 72.8 Å². The SMILES string of the molecule is Cc1ccc2c(c1)OC(=O)[C@@H]1C2=C[C@H](c2ccccc2)[C@@H]2C(=O)N(c3ccc(C)c(C)c3)C(=O)[C@H]12. The van der Waals surface area contributed by atoms with Crippen molar-refractivity contribution in [2.24, 2.45) is 17.8 Å². The number of aryl methyl sites for hydroxylation is 3. The van der Waals surface area contributed by atoms with Crippen LogP contribution in [0.4, 0.5) is 5.69 Å². The highest BCUT2D eigenvalue weighted by atomic mass is 16.5. The molecule has 3 aromatic carbocycles. The standard InChI is InChI=1S/C30H25NO4/c1-16-9-12-21-23-15-22(19-7-5-4-6-8-19)25-27(26(23)30(34)35-24(21)13-16)29(33)31(28(25)32)20-11-10-17(2)18(3)14-20/h4-15,22,25-27H,1-3H3/t22-,25+,26-,27+/m1/s1. The van der Waals surface area contributed by atoms with Crippen molar-refractivity contribution in [2.75, 3.05) is 4.90 Å². The Kier molecular flexibility index (Phi) is 4.78. The van der Waals surface area contributed by atoms with E-state index in [4.69, 9.17) is 4.74 Å². The predicted octanol–water partition coefficient (Wildman–Crippen LogP) is 5.13. The number of nitrogens with zero attached hydrogens (tertiary/aromatic N) is 1. The minimum Gasteiger partial charge on any atom is -0.425 e. The van der Waals surface area contributed by atoms with E-state index in [1.165, 1.54) is 4.90 Å². The smallest absolute Gasteiger partial charge is 0.319 e. The highest BCUT2D eigenvalue weighted by Crippen LogP contribution is 2.54. The molecular weight excluding hydrogens is 438 g/mol. The number of anilines is 1. The monoisotopic (exact) mass is 463 g/mol. The molecule has 0 saturated carbocycles. The van der Waals surface area contributed by atoms with E-state index < -0.39 is 23.7 Å². The molecule has 0 unspecified atom stereocenters. The van der Waals surface area contributed by atoms with Crippen molar-refractivity contribution in [3.63, 3.8) is 0 Å². The fourth-order valence-electron chi connectivity index (χ4n) is 5.79. The average Bonchev–Trinajstić information content (AvgIpc) is 3.11. The highest BCUT2D eigenvalue weighted by molar-refractivity contribution is 6.24. The van der Waals surface area contributed by atoms with Gasteiger partial charge in [-0.1, -0.05) is 54.6 Å². The van der Waals surface area contributed by atoms with Crippen LogP contribution in [0, 0.1) is 38.5 Å². The lowest BCUT2D eigenvalue weighted by Gasteiger charge is -2.38. The molecule has 4 atom stereocenters. The Labute approximate surface area is 204 Å². The van der Waals surface area contributed by atoms with Crippen molar-refractivity contribution in [1.29, 1.82) is 0 Å². The van der Waals surface area contributed by atoms with Gasteiger partial charge in [-0.2, -0.15) is 0 Å². The molecule has 174 valence electrons. The fraction of sp³-hybridized carbons (Fsp3) is 0.233. The summed E-state index contributed by atoms with van der Waals surface area (Å²) in [6.45, 7) is 5.89. The lowest BCUT2D eigenvalue weighted by molar-refractivity contribution is -0.142. The molecule has 0 aromatic heterocycles.